The highest BCUT2D eigenvalue weighted by atomic mass is 32.1. The van der Waals surface area contributed by atoms with Crippen LogP contribution in [-0.4, -0.2) is 23.1 Å². The van der Waals surface area contributed by atoms with E-state index >= 15 is 0 Å². The second kappa shape index (κ2) is 6.56. The Labute approximate surface area is 117 Å². The molecule has 0 aliphatic carbocycles. The van der Waals surface area contributed by atoms with E-state index in [0.717, 1.165) is 5.56 Å². The molecule has 0 saturated heterocycles. The van der Waals surface area contributed by atoms with Crippen molar-refractivity contribution < 1.29 is 14.7 Å². The van der Waals surface area contributed by atoms with E-state index < -0.39 is 12.0 Å². The zero-order valence-electron chi connectivity index (χ0n) is 11.4. The fourth-order valence-corrected chi connectivity index (χ4v) is 2.20. The third-order valence-corrected chi connectivity index (χ3v) is 3.49. The minimum atomic E-state index is -0.918. The van der Waals surface area contributed by atoms with Gasteiger partial charge in [0.05, 0.1) is 6.42 Å². The summed E-state index contributed by atoms with van der Waals surface area (Å²) in [5.41, 5.74) is 0.726. The van der Waals surface area contributed by atoms with Gasteiger partial charge in [0, 0.05) is 12.6 Å². The third-order valence-electron chi connectivity index (χ3n) is 2.76. The highest BCUT2D eigenvalue weighted by Crippen LogP contribution is 2.21. The average molecular weight is 284 g/mol. The lowest BCUT2D eigenvalue weighted by molar-refractivity contribution is -0.138. The monoisotopic (exact) mass is 284 g/mol. The van der Waals surface area contributed by atoms with E-state index in [9.17, 15) is 9.59 Å². The number of hydrogen-bond donors (Lipinski definition) is 3. The maximum absolute atomic E-state index is 11.8. The maximum atomic E-state index is 11.8. The molecule has 0 fully saturated rings. The van der Waals surface area contributed by atoms with Gasteiger partial charge in [-0.05, 0) is 27.8 Å². The molecule has 0 aromatic carbocycles. The molecule has 1 heterocycles. The van der Waals surface area contributed by atoms with Crippen molar-refractivity contribution in [3.63, 3.8) is 0 Å². The summed E-state index contributed by atoms with van der Waals surface area (Å²) in [6.45, 7) is 6.15. The van der Waals surface area contributed by atoms with Crippen LogP contribution in [0.15, 0.2) is 16.8 Å². The zero-order valence-corrected chi connectivity index (χ0v) is 12.2. The molecule has 0 aliphatic heterocycles. The summed E-state index contributed by atoms with van der Waals surface area (Å²) >= 11 is 1.57. The SMILES string of the molecule is CC(C)(C)C(CC(=O)O)NC(=O)NCc1ccsc1. The van der Waals surface area contributed by atoms with Crippen molar-refractivity contribution in [1.29, 1.82) is 0 Å². The van der Waals surface area contributed by atoms with E-state index in [1.165, 1.54) is 0 Å². The van der Waals surface area contributed by atoms with E-state index in [-0.39, 0.29) is 17.9 Å². The lowest BCUT2D eigenvalue weighted by Gasteiger charge is -2.30. The van der Waals surface area contributed by atoms with E-state index in [4.69, 9.17) is 5.11 Å². The van der Waals surface area contributed by atoms with Gasteiger partial charge in [-0.25, -0.2) is 4.79 Å². The zero-order chi connectivity index (χ0) is 14.5. The normalized spacial score (nSPS) is 12.8. The summed E-state index contributed by atoms with van der Waals surface area (Å²) in [6, 6.07) is 1.18. The van der Waals surface area contributed by atoms with Crippen molar-refractivity contribution in [3.05, 3.63) is 22.4 Å². The van der Waals surface area contributed by atoms with Crippen molar-refractivity contribution in [2.24, 2.45) is 5.41 Å². The molecule has 1 atom stereocenters. The Morgan fingerprint density at radius 3 is 2.58 bits per heavy atom. The van der Waals surface area contributed by atoms with Crippen molar-refractivity contribution in [3.8, 4) is 0 Å². The number of nitrogens with one attached hydrogen (secondary N) is 2. The van der Waals surface area contributed by atoms with Gasteiger partial charge in [-0.2, -0.15) is 11.3 Å². The van der Waals surface area contributed by atoms with Crippen molar-refractivity contribution >= 4 is 23.3 Å². The number of amides is 2. The number of carboxylic acids is 1. The molecular weight excluding hydrogens is 264 g/mol. The lowest BCUT2D eigenvalue weighted by atomic mass is 9.85. The molecule has 0 radical (unpaired) electrons. The number of hydrogen-bond acceptors (Lipinski definition) is 3. The van der Waals surface area contributed by atoms with Gasteiger partial charge in [0.15, 0.2) is 0 Å². The molecule has 1 rings (SSSR count). The Balaban J connectivity index is 2.49. The van der Waals surface area contributed by atoms with Crippen LogP contribution in [0, 0.1) is 5.41 Å². The van der Waals surface area contributed by atoms with Crippen LogP contribution in [0.5, 0.6) is 0 Å². The molecule has 1 unspecified atom stereocenters. The first kappa shape index (κ1) is 15.5. The van der Waals surface area contributed by atoms with Crippen LogP contribution in [0.1, 0.15) is 32.8 Å². The largest absolute Gasteiger partial charge is 0.481 e. The van der Waals surface area contributed by atoms with E-state index in [2.05, 4.69) is 10.6 Å². The molecule has 0 saturated carbocycles. The molecule has 0 bridgehead atoms. The van der Waals surface area contributed by atoms with E-state index in [0.29, 0.717) is 6.54 Å². The highest BCUT2D eigenvalue weighted by molar-refractivity contribution is 7.07. The maximum Gasteiger partial charge on any atom is 0.315 e. The molecule has 5 nitrogen and oxygen atoms in total. The van der Waals surface area contributed by atoms with Crippen LogP contribution in [0.3, 0.4) is 0 Å². The van der Waals surface area contributed by atoms with Gasteiger partial charge in [-0.15, -0.1) is 0 Å². The average Bonchev–Trinajstić information content (AvgIpc) is 2.76. The van der Waals surface area contributed by atoms with Gasteiger partial charge in [-0.1, -0.05) is 20.8 Å². The molecule has 6 heteroatoms. The fourth-order valence-electron chi connectivity index (χ4n) is 1.53. The summed E-state index contributed by atoms with van der Waals surface area (Å²) < 4.78 is 0. The van der Waals surface area contributed by atoms with Crippen molar-refractivity contribution in [2.45, 2.75) is 39.8 Å². The number of carbonyl (C=O) groups is 2. The minimum absolute atomic E-state index is 0.0879. The van der Waals surface area contributed by atoms with Gasteiger partial charge in [0.1, 0.15) is 0 Å². The third kappa shape index (κ3) is 5.74. The van der Waals surface area contributed by atoms with Crippen LogP contribution in [-0.2, 0) is 11.3 Å². The van der Waals surface area contributed by atoms with Crippen LogP contribution in [0.4, 0.5) is 4.79 Å². The first-order chi connectivity index (χ1) is 8.79. The minimum Gasteiger partial charge on any atom is -0.481 e. The molecule has 2 amide bonds. The summed E-state index contributed by atoms with van der Waals surface area (Å²) in [6.07, 6.45) is -0.0879. The predicted octanol–water partition coefficient (Wildman–Crippen LogP) is 2.44. The van der Waals surface area contributed by atoms with Gasteiger partial charge in [0.25, 0.3) is 0 Å². The van der Waals surface area contributed by atoms with Crippen molar-refractivity contribution in [1.82, 2.24) is 10.6 Å². The molecule has 3 N–H and O–H groups in total. The molecule has 19 heavy (non-hydrogen) atoms. The second-order valence-corrected chi connectivity index (χ2v) is 6.26. The van der Waals surface area contributed by atoms with Crippen LogP contribution in [0.25, 0.3) is 0 Å². The summed E-state index contributed by atoms with van der Waals surface area (Å²) in [4.78, 5) is 22.6. The van der Waals surface area contributed by atoms with Gasteiger partial charge >= 0.3 is 12.0 Å². The standard InChI is InChI=1S/C13H20N2O3S/c1-13(2,3)10(6-11(16)17)15-12(18)14-7-9-4-5-19-8-9/h4-5,8,10H,6-7H2,1-3H3,(H,16,17)(H2,14,15,18). The Bertz CT molecular complexity index is 424. The number of carbonyl (C=O) groups excluding carboxylic acids is 1. The lowest BCUT2D eigenvalue weighted by Crippen LogP contribution is -2.48. The fraction of sp³-hybridized carbons (Fsp3) is 0.538. The first-order valence-electron chi connectivity index (χ1n) is 6.06. The van der Waals surface area contributed by atoms with E-state index in [1.807, 2.05) is 37.6 Å². The number of thiophene rings is 1. The Morgan fingerprint density at radius 1 is 1.42 bits per heavy atom. The molecule has 0 aliphatic rings. The summed E-state index contributed by atoms with van der Waals surface area (Å²) in [5.74, 6) is -0.918. The van der Waals surface area contributed by atoms with Crippen LogP contribution < -0.4 is 10.6 Å². The molecule has 1 aromatic rings. The Kier molecular flexibility index (Phi) is 5.35. The van der Waals surface area contributed by atoms with Crippen molar-refractivity contribution in [2.75, 3.05) is 0 Å². The van der Waals surface area contributed by atoms with Gasteiger partial charge in [-0.3, -0.25) is 4.79 Å². The van der Waals surface area contributed by atoms with Crippen LogP contribution >= 0.6 is 11.3 Å². The highest BCUT2D eigenvalue weighted by Gasteiger charge is 2.28. The smallest absolute Gasteiger partial charge is 0.315 e. The van der Waals surface area contributed by atoms with Gasteiger partial charge in [0.2, 0.25) is 0 Å². The molecular formula is C13H20N2O3S. The topological polar surface area (TPSA) is 78.4 Å². The molecule has 0 spiro atoms. The Morgan fingerprint density at radius 2 is 2.11 bits per heavy atom. The first-order valence-corrected chi connectivity index (χ1v) is 7.00. The number of carboxylic acid groups (broad SMARTS) is 1. The Hall–Kier alpha value is -1.56. The van der Waals surface area contributed by atoms with Crippen LogP contribution in [0.2, 0.25) is 0 Å². The number of urea groups is 1. The molecule has 1 aromatic heterocycles. The quantitative estimate of drug-likeness (QED) is 0.777. The summed E-state index contributed by atoms with van der Waals surface area (Å²) in [7, 11) is 0. The van der Waals surface area contributed by atoms with E-state index in [1.54, 1.807) is 11.3 Å². The molecule has 106 valence electrons. The van der Waals surface area contributed by atoms with Gasteiger partial charge < -0.3 is 15.7 Å². The summed E-state index contributed by atoms with van der Waals surface area (Å²) in [5, 5.41) is 18.2. The predicted molar refractivity (Wildman–Crippen MR) is 75.2 cm³/mol. The number of rotatable bonds is 5. The second-order valence-electron chi connectivity index (χ2n) is 5.48. The number of aliphatic carboxylic acids is 1.